The normalized spacial score (nSPS) is 19.9. The van der Waals surface area contributed by atoms with Gasteiger partial charge in [0.05, 0.1) is 0 Å². The van der Waals surface area contributed by atoms with Crippen LogP contribution in [0.25, 0.3) is 0 Å². The molecule has 104 valence electrons. The monoisotopic (exact) mass is 372 g/mol. The van der Waals surface area contributed by atoms with E-state index in [-0.39, 0.29) is 5.91 Å². The molecule has 1 N–H and O–H groups in total. The van der Waals surface area contributed by atoms with E-state index in [2.05, 4.69) is 46.7 Å². The first-order chi connectivity index (χ1) is 9.06. The Balaban J connectivity index is 1.80. The largest absolute Gasteiger partial charge is 0.352 e. The van der Waals surface area contributed by atoms with Crippen molar-refractivity contribution in [2.75, 3.05) is 19.6 Å². The van der Waals surface area contributed by atoms with Crippen molar-refractivity contribution >= 4 is 28.5 Å². The molecule has 0 saturated carbocycles. The molecule has 0 radical (unpaired) electrons. The number of amides is 1. The van der Waals surface area contributed by atoms with Crippen LogP contribution in [0.3, 0.4) is 0 Å². The third-order valence-corrected chi connectivity index (χ3v) is 4.42. The van der Waals surface area contributed by atoms with Crippen LogP contribution in [-0.4, -0.2) is 36.5 Å². The maximum absolute atomic E-state index is 12.0. The van der Waals surface area contributed by atoms with Gasteiger partial charge >= 0.3 is 0 Å². The first kappa shape index (κ1) is 14.8. The second-order valence-corrected chi connectivity index (χ2v) is 6.71. The number of rotatable bonds is 4. The minimum Gasteiger partial charge on any atom is -0.352 e. The van der Waals surface area contributed by atoms with E-state index in [9.17, 15) is 4.79 Å². The van der Waals surface area contributed by atoms with Gasteiger partial charge in [-0.25, -0.2) is 0 Å². The van der Waals surface area contributed by atoms with Gasteiger partial charge in [0.25, 0.3) is 5.91 Å². The van der Waals surface area contributed by atoms with Gasteiger partial charge in [0.2, 0.25) is 0 Å². The number of carbonyl (C=O) groups excluding carboxylic acids is 1. The van der Waals surface area contributed by atoms with Crippen LogP contribution in [-0.2, 0) is 0 Å². The van der Waals surface area contributed by atoms with Crippen molar-refractivity contribution < 1.29 is 4.79 Å². The van der Waals surface area contributed by atoms with Gasteiger partial charge in [-0.15, -0.1) is 0 Å². The van der Waals surface area contributed by atoms with Gasteiger partial charge in [0.1, 0.15) is 0 Å². The lowest BCUT2D eigenvalue weighted by molar-refractivity contribution is 0.0947. The summed E-state index contributed by atoms with van der Waals surface area (Å²) >= 11 is 2.24. The maximum Gasteiger partial charge on any atom is 0.251 e. The molecule has 0 aliphatic carbocycles. The molecule has 1 aliphatic rings. The van der Waals surface area contributed by atoms with Crippen LogP contribution in [0.4, 0.5) is 0 Å². The van der Waals surface area contributed by atoms with Crippen molar-refractivity contribution in [2.24, 2.45) is 5.92 Å². The fraction of sp³-hybridized carbons (Fsp3) is 0.533. The minimum absolute atomic E-state index is 0.0411. The molecule has 0 aromatic heterocycles. The minimum atomic E-state index is 0.0411. The van der Waals surface area contributed by atoms with Crippen LogP contribution >= 0.6 is 22.6 Å². The smallest absolute Gasteiger partial charge is 0.251 e. The molecule has 19 heavy (non-hydrogen) atoms. The number of likely N-dealkylation sites (tertiary alicyclic amines) is 1. The van der Waals surface area contributed by atoms with Crippen molar-refractivity contribution in [1.82, 2.24) is 10.2 Å². The highest BCUT2D eigenvalue weighted by atomic mass is 127. The number of halogens is 1. The highest BCUT2D eigenvalue weighted by molar-refractivity contribution is 14.1. The number of nitrogens with one attached hydrogen (secondary N) is 1. The lowest BCUT2D eigenvalue weighted by atomic mass is 10.1. The van der Waals surface area contributed by atoms with Gasteiger partial charge in [0.15, 0.2) is 0 Å². The summed E-state index contributed by atoms with van der Waals surface area (Å²) in [6, 6.07) is 8.30. The summed E-state index contributed by atoms with van der Waals surface area (Å²) in [5.74, 6) is 0.634. The van der Waals surface area contributed by atoms with Gasteiger partial charge in [-0.05, 0) is 79.6 Å². The second-order valence-electron chi connectivity index (χ2n) is 5.46. The van der Waals surface area contributed by atoms with Gasteiger partial charge in [-0.1, -0.05) is 0 Å². The van der Waals surface area contributed by atoms with Crippen molar-refractivity contribution in [1.29, 1.82) is 0 Å². The summed E-state index contributed by atoms with van der Waals surface area (Å²) in [6.45, 7) is 7.50. The predicted octanol–water partition coefficient (Wildman–Crippen LogP) is 2.75. The molecule has 0 bridgehead atoms. The van der Waals surface area contributed by atoms with E-state index in [0.717, 1.165) is 28.8 Å². The Morgan fingerprint density at radius 3 is 2.68 bits per heavy atom. The number of benzene rings is 1. The number of hydrogen-bond acceptors (Lipinski definition) is 2. The molecule has 1 fully saturated rings. The Morgan fingerprint density at radius 1 is 1.42 bits per heavy atom. The van der Waals surface area contributed by atoms with Gasteiger partial charge in [-0.3, -0.25) is 4.79 Å². The highest BCUT2D eigenvalue weighted by Gasteiger charge is 2.24. The SMILES string of the molecule is CC(C)N1CCC(CNC(=O)c2ccc(I)cc2)C1. The molecule has 1 aliphatic heterocycles. The molecular weight excluding hydrogens is 351 g/mol. The van der Waals surface area contributed by atoms with Crippen LogP contribution in [0.1, 0.15) is 30.6 Å². The van der Waals surface area contributed by atoms with Gasteiger partial charge in [0, 0.05) is 28.3 Å². The summed E-state index contributed by atoms with van der Waals surface area (Å²) in [7, 11) is 0. The number of carbonyl (C=O) groups is 1. The fourth-order valence-electron chi connectivity index (χ4n) is 2.44. The zero-order valence-electron chi connectivity index (χ0n) is 11.5. The van der Waals surface area contributed by atoms with Crippen LogP contribution < -0.4 is 5.32 Å². The molecule has 1 unspecified atom stereocenters. The quantitative estimate of drug-likeness (QED) is 0.825. The molecule has 1 heterocycles. The van der Waals surface area contributed by atoms with Crippen LogP contribution in [0.5, 0.6) is 0 Å². The standard InChI is InChI=1S/C15H21IN2O/c1-11(2)18-8-7-12(10-18)9-17-15(19)13-3-5-14(16)6-4-13/h3-6,11-12H,7-10H2,1-2H3,(H,17,19). The Morgan fingerprint density at radius 2 is 2.11 bits per heavy atom. The number of hydrogen-bond donors (Lipinski definition) is 1. The summed E-state index contributed by atoms with van der Waals surface area (Å²) < 4.78 is 1.15. The summed E-state index contributed by atoms with van der Waals surface area (Å²) in [5, 5.41) is 3.05. The topological polar surface area (TPSA) is 32.3 Å². The molecule has 2 rings (SSSR count). The third-order valence-electron chi connectivity index (χ3n) is 3.71. The van der Waals surface area contributed by atoms with Crippen molar-refractivity contribution in [2.45, 2.75) is 26.3 Å². The second kappa shape index (κ2) is 6.70. The summed E-state index contributed by atoms with van der Waals surface area (Å²) in [5.41, 5.74) is 0.749. The molecule has 3 nitrogen and oxygen atoms in total. The van der Waals surface area contributed by atoms with E-state index in [1.807, 2.05) is 24.3 Å². The summed E-state index contributed by atoms with van der Waals surface area (Å²) in [6.07, 6.45) is 1.19. The zero-order valence-corrected chi connectivity index (χ0v) is 13.7. The average molecular weight is 372 g/mol. The molecule has 1 aromatic rings. The van der Waals surface area contributed by atoms with Crippen LogP contribution in [0.2, 0.25) is 0 Å². The van der Waals surface area contributed by atoms with E-state index in [1.54, 1.807) is 0 Å². The third kappa shape index (κ3) is 4.18. The average Bonchev–Trinajstić information content (AvgIpc) is 2.86. The van der Waals surface area contributed by atoms with Gasteiger partial charge < -0.3 is 10.2 Å². The number of nitrogens with zero attached hydrogens (tertiary/aromatic N) is 1. The van der Waals surface area contributed by atoms with Crippen molar-refractivity contribution in [3.05, 3.63) is 33.4 Å². The fourth-order valence-corrected chi connectivity index (χ4v) is 2.80. The molecule has 1 aromatic carbocycles. The Labute approximate surface area is 128 Å². The predicted molar refractivity (Wildman–Crippen MR) is 86.3 cm³/mol. The molecule has 1 atom stereocenters. The van der Waals surface area contributed by atoms with Crippen molar-refractivity contribution in [3.63, 3.8) is 0 Å². The highest BCUT2D eigenvalue weighted by Crippen LogP contribution is 2.17. The van der Waals surface area contributed by atoms with E-state index < -0.39 is 0 Å². The van der Waals surface area contributed by atoms with Crippen LogP contribution in [0.15, 0.2) is 24.3 Å². The lowest BCUT2D eigenvalue weighted by Gasteiger charge is -2.20. The molecule has 4 heteroatoms. The molecule has 0 spiro atoms. The zero-order chi connectivity index (χ0) is 13.8. The maximum atomic E-state index is 12.0. The van der Waals surface area contributed by atoms with Gasteiger partial charge in [-0.2, -0.15) is 0 Å². The van der Waals surface area contributed by atoms with E-state index >= 15 is 0 Å². The first-order valence-corrected chi connectivity index (χ1v) is 7.92. The summed E-state index contributed by atoms with van der Waals surface area (Å²) in [4.78, 5) is 14.5. The Kier molecular flexibility index (Phi) is 5.21. The Bertz CT molecular complexity index is 430. The molecular formula is C15H21IN2O. The molecule has 1 saturated heterocycles. The molecule has 1 amide bonds. The van der Waals surface area contributed by atoms with Crippen molar-refractivity contribution in [3.8, 4) is 0 Å². The Hall–Kier alpha value is -0.620. The van der Waals surface area contributed by atoms with Crippen LogP contribution in [0, 0.1) is 9.49 Å². The van der Waals surface area contributed by atoms with E-state index in [1.165, 1.54) is 6.42 Å². The lowest BCUT2D eigenvalue weighted by Crippen LogP contribution is -2.32. The van der Waals surface area contributed by atoms with E-state index in [4.69, 9.17) is 0 Å². The van der Waals surface area contributed by atoms with E-state index in [0.29, 0.717) is 12.0 Å². The first-order valence-electron chi connectivity index (χ1n) is 6.84.